The van der Waals surface area contributed by atoms with Crippen molar-refractivity contribution >= 4 is 23.5 Å². The van der Waals surface area contributed by atoms with Crippen LogP contribution in [0.15, 0.2) is 0 Å². The largest absolute Gasteiger partial charge is 0.312 e. The molecule has 1 N–H and O–H groups in total. The smallest absolute Gasteiger partial charge is 0.142 e. The maximum atomic E-state index is 5.04. The minimum atomic E-state index is 0.492. The molecule has 108 valence electrons. The van der Waals surface area contributed by atoms with E-state index in [0.29, 0.717) is 10.5 Å². The molecule has 1 saturated carbocycles. The third kappa shape index (κ3) is 2.48. The summed E-state index contributed by atoms with van der Waals surface area (Å²) in [6, 6.07) is 0. The third-order valence-electron chi connectivity index (χ3n) is 4.39. The first-order chi connectivity index (χ1) is 9.83. The second kappa shape index (κ2) is 5.50. The molecule has 0 spiro atoms. The number of aromatic nitrogens is 2. The Labute approximate surface area is 129 Å². The molecule has 0 radical (unpaired) electrons. The average Bonchev–Trinajstić information content (AvgIpc) is 3.31. The second-order valence-electron chi connectivity index (χ2n) is 5.96. The van der Waals surface area contributed by atoms with Crippen LogP contribution in [0.25, 0.3) is 0 Å². The topological polar surface area (TPSA) is 37.8 Å². The zero-order chi connectivity index (χ0) is 13.5. The lowest BCUT2D eigenvalue weighted by atomic mass is 10.0. The van der Waals surface area contributed by atoms with Gasteiger partial charge in [0.25, 0.3) is 0 Å². The Kier molecular flexibility index (Phi) is 3.69. The van der Waals surface area contributed by atoms with Crippen molar-refractivity contribution in [2.75, 3.05) is 18.1 Å². The summed E-state index contributed by atoms with van der Waals surface area (Å²) in [4.78, 5) is 10.0. The van der Waals surface area contributed by atoms with Gasteiger partial charge in [0.05, 0.1) is 16.6 Å². The molecule has 5 heteroatoms. The summed E-state index contributed by atoms with van der Waals surface area (Å²) in [5.41, 5.74) is 4.13. The molecule has 2 fully saturated rings. The summed E-state index contributed by atoms with van der Waals surface area (Å²) < 4.78 is 0. The van der Waals surface area contributed by atoms with Crippen molar-refractivity contribution in [1.29, 1.82) is 0 Å². The Morgan fingerprint density at radius 1 is 1.15 bits per heavy atom. The zero-order valence-corrected chi connectivity index (χ0v) is 13.5. The van der Waals surface area contributed by atoms with Gasteiger partial charge in [-0.2, -0.15) is 11.8 Å². The minimum Gasteiger partial charge on any atom is -0.312 e. The molecule has 2 unspecified atom stereocenters. The van der Waals surface area contributed by atoms with Crippen LogP contribution in [-0.2, 0) is 13.0 Å². The highest BCUT2D eigenvalue weighted by Crippen LogP contribution is 2.45. The van der Waals surface area contributed by atoms with Crippen molar-refractivity contribution in [1.82, 2.24) is 15.3 Å². The first-order valence-electron chi connectivity index (χ1n) is 7.66. The maximum absolute atomic E-state index is 5.04. The Hall–Kier alpha value is -0.260. The summed E-state index contributed by atoms with van der Waals surface area (Å²) in [5.74, 6) is 4.35. The van der Waals surface area contributed by atoms with Crippen molar-refractivity contribution < 1.29 is 0 Å². The molecule has 20 heavy (non-hydrogen) atoms. The highest BCUT2D eigenvalue weighted by atomic mass is 32.2. The zero-order valence-electron chi connectivity index (χ0n) is 11.9. The van der Waals surface area contributed by atoms with Crippen molar-refractivity contribution in [3.8, 4) is 0 Å². The first kappa shape index (κ1) is 13.4. The van der Waals surface area contributed by atoms with E-state index in [1.165, 1.54) is 41.3 Å². The molecule has 4 rings (SSSR count). The van der Waals surface area contributed by atoms with Gasteiger partial charge in [0.2, 0.25) is 0 Å². The highest BCUT2D eigenvalue weighted by Gasteiger charge is 2.33. The van der Waals surface area contributed by atoms with E-state index in [1.54, 1.807) is 0 Å². The van der Waals surface area contributed by atoms with Crippen molar-refractivity contribution in [3.05, 3.63) is 22.8 Å². The number of rotatable bonds is 2. The third-order valence-corrected chi connectivity index (χ3v) is 7.48. The first-order valence-corrected chi connectivity index (χ1v) is 9.76. The van der Waals surface area contributed by atoms with E-state index in [4.69, 9.17) is 9.97 Å². The van der Waals surface area contributed by atoms with Crippen LogP contribution in [0.2, 0.25) is 0 Å². The van der Waals surface area contributed by atoms with E-state index >= 15 is 0 Å². The Balaban J connectivity index is 1.74. The summed E-state index contributed by atoms with van der Waals surface area (Å²) >= 11 is 4.13. The number of hydrogen-bond acceptors (Lipinski definition) is 5. The van der Waals surface area contributed by atoms with E-state index in [9.17, 15) is 0 Å². The van der Waals surface area contributed by atoms with Gasteiger partial charge in [-0.1, -0.05) is 6.92 Å². The summed E-state index contributed by atoms with van der Waals surface area (Å²) in [7, 11) is 0. The lowest BCUT2D eigenvalue weighted by Gasteiger charge is -2.28. The van der Waals surface area contributed by atoms with Crippen molar-refractivity contribution in [3.63, 3.8) is 0 Å². The van der Waals surface area contributed by atoms with E-state index in [2.05, 4.69) is 35.8 Å². The van der Waals surface area contributed by atoms with Crippen LogP contribution < -0.4 is 5.32 Å². The quantitative estimate of drug-likeness (QED) is 0.909. The monoisotopic (exact) mass is 307 g/mol. The van der Waals surface area contributed by atoms with Gasteiger partial charge in [0, 0.05) is 47.7 Å². The standard InChI is InChI=1S/C15H21N3S2/c1-9-14(20-7-6-19-9)15-17-12-4-5-16-8-11(12)13(18-15)10-2-3-10/h9-10,14,16H,2-8H2,1H3. The van der Waals surface area contributed by atoms with Gasteiger partial charge >= 0.3 is 0 Å². The SMILES string of the molecule is CC1SCCSC1c1nc2c(c(C3CC3)n1)CNCC2. The molecule has 1 saturated heterocycles. The Morgan fingerprint density at radius 2 is 2.00 bits per heavy atom. The van der Waals surface area contributed by atoms with Crippen LogP contribution in [-0.4, -0.2) is 33.3 Å². The Morgan fingerprint density at radius 3 is 2.80 bits per heavy atom. The fourth-order valence-electron chi connectivity index (χ4n) is 3.13. The second-order valence-corrected chi connectivity index (χ2v) is 8.70. The van der Waals surface area contributed by atoms with E-state index in [-0.39, 0.29) is 0 Å². The summed E-state index contributed by atoms with van der Waals surface area (Å²) in [6.45, 7) is 4.38. The summed E-state index contributed by atoms with van der Waals surface area (Å²) in [5, 5.41) is 4.61. The van der Waals surface area contributed by atoms with Gasteiger partial charge in [-0.05, 0) is 12.8 Å². The number of nitrogens with one attached hydrogen (secondary N) is 1. The predicted octanol–water partition coefficient (Wildman–Crippen LogP) is 2.91. The predicted molar refractivity (Wildman–Crippen MR) is 86.5 cm³/mol. The molecule has 1 aromatic rings. The van der Waals surface area contributed by atoms with Crippen LogP contribution in [0.5, 0.6) is 0 Å². The van der Waals surface area contributed by atoms with Gasteiger partial charge in [0.1, 0.15) is 5.82 Å². The number of thioether (sulfide) groups is 2. The maximum Gasteiger partial charge on any atom is 0.142 e. The lowest BCUT2D eigenvalue weighted by molar-refractivity contribution is 0.607. The molecular weight excluding hydrogens is 286 g/mol. The van der Waals surface area contributed by atoms with Gasteiger partial charge in [0.15, 0.2) is 0 Å². The Bertz CT molecular complexity index is 516. The van der Waals surface area contributed by atoms with Gasteiger partial charge in [-0.25, -0.2) is 9.97 Å². The number of nitrogens with zero attached hydrogens (tertiary/aromatic N) is 2. The van der Waals surface area contributed by atoms with Crippen molar-refractivity contribution in [2.24, 2.45) is 0 Å². The molecule has 3 aliphatic rings. The van der Waals surface area contributed by atoms with Gasteiger partial charge in [-0.3, -0.25) is 0 Å². The highest BCUT2D eigenvalue weighted by molar-refractivity contribution is 8.06. The fourth-order valence-corrected chi connectivity index (χ4v) is 5.82. The van der Waals surface area contributed by atoms with E-state index < -0.39 is 0 Å². The number of fused-ring (bicyclic) bond motifs is 1. The summed E-state index contributed by atoms with van der Waals surface area (Å²) in [6.07, 6.45) is 3.72. The number of hydrogen-bond donors (Lipinski definition) is 1. The average molecular weight is 307 g/mol. The molecule has 0 aromatic carbocycles. The van der Waals surface area contributed by atoms with E-state index in [0.717, 1.165) is 31.3 Å². The molecule has 0 amide bonds. The van der Waals surface area contributed by atoms with Gasteiger partial charge in [-0.15, -0.1) is 11.8 Å². The van der Waals surface area contributed by atoms with Crippen LogP contribution >= 0.6 is 23.5 Å². The molecular formula is C15H21N3S2. The van der Waals surface area contributed by atoms with Crippen LogP contribution in [0.4, 0.5) is 0 Å². The molecule has 2 atom stereocenters. The van der Waals surface area contributed by atoms with Crippen LogP contribution in [0.1, 0.15) is 53.7 Å². The molecule has 3 heterocycles. The molecule has 2 aliphatic heterocycles. The normalized spacial score (nSPS) is 30.1. The fraction of sp³-hybridized carbons (Fsp3) is 0.733. The van der Waals surface area contributed by atoms with E-state index in [1.807, 2.05) is 0 Å². The van der Waals surface area contributed by atoms with Gasteiger partial charge < -0.3 is 5.32 Å². The molecule has 0 bridgehead atoms. The minimum absolute atomic E-state index is 0.492. The molecule has 3 nitrogen and oxygen atoms in total. The van der Waals surface area contributed by atoms with Crippen LogP contribution in [0, 0.1) is 0 Å². The molecule has 1 aliphatic carbocycles. The molecule has 1 aromatic heterocycles. The lowest BCUT2D eigenvalue weighted by Crippen LogP contribution is -2.28. The van der Waals surface area contributed by atoms with Crippen LogP contribution in [0.3, 0.4) is 0 Å². The van der Waals surface area contributed by atoms with Crippen molar-refractivity contribution in [2.45, 2.75) is 49.1 Å².